The fourth-order valence-electron chi connectivity index (χ4n) is 1.16. The van der Waals surface area contributed by atoms with Gasteiger partial charge in [0.15, 0.2) is 0 Å². The zero-order valence-corrected chi connectivity index (χ0v) is 10.3. The Morgan fingerprint density at radius 3 is 2.72 bits per heavy atom. The Morgan fingerprint density at radius 2 is 2.22 bits per heavy atom. The molecule has 1 rings (SSSR count). The molecule has 0 unspecified atom stereocenters. The van der Waals surface area contributed by atoms with Crippen LogP contribution in [0, 0.1) is 10.1 Å². The first-order chi connectivity index (χ1) is 8.40. The molecule has 0 aliphatic rings. The van der Waals surface area contributed by atoms with Gasteiger partial charge in [-0.1, -0.05) is 0 Å². The molecule has 0 saturated heterocycles. The highest BCUT2D eigenvalue weighted by molar-refractivity contribution is 5.69. The summed E-state index contributed by atoms with van der Waals surface area (Å²) in [5, 5.41) is 10.8. The van der Waals surface area contributed by atoms with Crippen molar-refractivity contribution in [2.45, 2.75) is 6.92 Å². The van der Waals surface area contributed by atoms with Gasteiger partial charge in [-0.25, -0.2) is 4.98 Å². The summed E-state index contributed by atoms with van der Waals surface area (Å²) in [6.07, 6.45) is 4.26. The van der Waals surface area contributed by atoms with Crippen LogP contribution in [0.15, 0.2) is 18.5 Å². The van der Waals surface area contributed by atoms with E-state index in [4.69, 9.17) is 4.74 Å². The van der Waals surface area contributed by atoms with Crippen LogP contribution < -0.4 is 4.74 Å². The Labute approximate surface area is 104 Å². The lowest BCUT2D eigenvalue weighted by atomic mass is 10.2. The lowest BCUT2D eigenvalue weighted by Crippen LogP contribution is -2.04. The van der Waals surface area contributed by atoms with Crippen LogP contribution in [0.25, 0.3) is 6.08 Å². The summed E-state index contributed by atoms with van der Waals surface area (Å²) in [7, 11) is 3.58. The van der Waals surface area contributed by atoms with Gasteiger partial charge in [0.25, 0.3) is 5.69 Å². The Bertz CT molecular complexity index is 497. The van der Waals surface area contributed by atoms with Gasteiger partial charge >= 0.3 is 5.97 Å². The highest BCUT2D eigenvalue weighted by Crippen LogP contribution is 2.22. The molecule has 1 aromatic rings. The summed E-state index contributed by atoms with van der Waals surface area (Å²) in [5.74, 6) is -0.495. The molecule has 0 aromatic carbocycles. The van der Waals surface area contributed by atoms with Crippen molar-refractivity contribution in [1.29, 1.82) is 0 Å². The van der Waals surface area contributed by atoms with E-state index in [-0.39, 0.29) is 11.6 Å². The molecule has 0 saturated carbocycles. The summed E-state index contributed by atoms with van der Waals surface area (Å²) < 4.78 is 4.78. The predicted octanol–water partition coefficient (Wildman–Crippen LogP) is 1.45. The first kappa shape index (κ1) is 13.6. The highest BCUT2D eigenvalue weighted by atomic mass is 16.6. The van der Waals surface area contributed by atoms with E-state index in [0.29, 0.717) is 5.56 Å². The number of esters is 1. The number of carbonyl (C=O) groups is 1. The van der Waals surface area contributed by atoms with Gasteiger partial charge in [-0.15, -0.1) is 0 Å². The van der Waals surface area contributed by atoms with E-state index in [9.17, 15) is 14.9 Å². The third-order valence-corrected chi connectivity index (χ3v) is 1.89. The zero-order chi connectivity index (χ0) is 13.7. The fraction of sp³-hybridized carbons (Fsp3) is 0.273. The van der Waals surface area contributed by atoms with Gasteiger partial charge in [0.1, 0.15) is 6.20 Å². The zero-order valence-electron chi connectivity index (χ0n) is 10.3. The Kier molecular flexibility index (Phi) is 4.36. The van der Waals surface area contributed by atoms with E-state index in [0.717, 1.165) is 6.20 Å². The number of ether oxygens (including phenoxy) is 1. The first-order valence-corrected chi connectivity index (χ1v) is 5.07. The van der Waals surface area contributed by atoms with E-state index >= 15 is 0 Å². The number of nitro groups is 1. The van der Waals surface area contributed by atoms with Crippen LogP contribution in [0.5, 0.6) is 5.88 Å². The Balaban J connectivity index is 3.15. The topological polar surface area (TPSA) is 85.6 Å². The smallest absolute Gasteiger partial charge is 0.309 e. The third kappa shape index (κ3) is 3.85. The molecule has 96 valence electrons. The minimum atomic E-state index is -0.542. The minimum Gasteiger partial charge on any atom is -0.408 e. The first-order valence-electron chi connectivity index (χ1n) is 5.07. The molecule has 0 N–H and O–H groups in total. The minimum absolute atomic E-state index is 0.0338. The van der Waals surface area contributed by atoms with Crippen molar-refractivity contribution >= 4 is 17.7 Å². The van der Waals surface area contributed by atoms with Gasteiger partial charge in [-0.05, 0) is 12.3 Å². The van der Waals surface area contributed by atoms with Crippen molar-refractivity contribution in [2.24, 2.45) is 0 Å². The second-order valence-corrected chi connectivity index (χ2v) is 3.71. The van der Waals surface area contributed by atoms with Crippen molar-refractivity contribution in [3.05, 3.63) is 34.1 Å². The lowest BCUT2D eigenvalue weighted by Gasteiger charge is -2.05. The van der Waals surface area contributed by atoms with E-state index in [2.05, 4.69) is 4.98 Å². The number of rotatable bonds is 4. The number of pyridine rings is 1. The summed E-state index contributed by atoms with van der Waals surface area (Å²) in [6.45, 7) is 1.23. The molecule has 1 aromatic heterocycles. The molecule has 0 atom stereocenters. The average molecular weight is 251 g/mol. The van der Waals surface area contributed by atoms with Gasteiger partial charge in [0, 0.05) is 27.1 Å². The molecule has 1 heterocycles. The van der Waals surface area contributed by atoms with Crippen molar-refractivity contribution < 1.29 is 14.5 Å². The summed E-state index contributed by atoms with van der Waals surface area (Å²) in [5.41, 5.74) is 0.170. The maximum absolute atomic E-state index is 10.8. The maximum Gasteiger partial charge on any atom is 0.309 e. The molecule has 0 fully saturated rings. The van der Waals surface area contributed by atoms with E-state index in [1.807, 2.05) is 0 Å². The van der Waals surface area contributed by atoms with Gasteiger partial charge in [0.05, 0.1) is 10.5 Å². The standard InChI is InChI=1S/C11H13N3O4/c1-8(15)18-11-6-9(4-5-13(2)3)10(7-12-11)14(16)17/h4-7H,1-3H3/b5-4+. The number of aromatic nitrogens is 1. The quantitative estimate of drug-likeness (QED) is 0.457. The predicted molar refractivity (Wildman–Crippen MR) is 64.9 cm³/mol. The molecule has 0 bridgehead atoms. The van der Waals surface area contributed by atoms with Crippen LogP contribution >= 0.6 is 0 Å². The van der Waals surface area contributed by atoms with E-state index in [1.54, 1.807) is 31.3 Å². The van der Waals surface area contributed by atoms with Gasteiger partial charge in [-0.3, -0.25) is 14.9 Å². The summed E-state index contributed by atoms with van der Waals surface area (Å²) >= 11 is 0. The molecular weight excluding hydrogens is 238 g/mol. The van der Waals surface area contributed by atoms with Crippen LogP contribution in [0.4, 0.5) is 5.69 Å². The Hall–Kier alpha value is -2.44. The summed E-state index contributed by atoms with van der Waals surface area (Å²) in [4.78, 5) is 26.5. The highest BCUT2D eigenvalue weighted by Gasteiger charge is 2.14. The molecular formula is C11H13N3O4. The largest absolute Gasteiger partial charge is 0.408 e. The van der Waals surface area contributed by atoms with Gasteiger partial charge < -0.3 is 9.64 Å². The number of hydrogen-bond acceptors (Lipinski definition) is 6. The average Bonchev–Trinajstić information content (AvgIpc) is 2.25. The molecule has 7 nitrogen and oxygen atoms in total. The third-order valence-electron chi connectivity index (χ3n) is 1.89. The number of hydrogen-bond donors (Lipinski definition) is 0. The fourth-order valence-corrected chi connectivity index (χ4v) is 1.16. The molecule has 0 aliphatic heterocycles. The van der Waals surface area contributed by atoms with E-state index in [1.165, 1.54) is 13.0 Å². The monoisotopic (exact) mass is 251 g/mol. The lowest BCUT2D eigenvalue weighted by molar-refractivity contribution is -0.385. The molecule has 18 heavy (non-hydrogen) atoms. The number of carbonyl (C=O) groups excluding carboxylic acids is 1. The molecule has 0 spiro atoms. The molecule has 7 heteroatoms. The van der Waals surface area contributed by atoms with Gasteiger partial charge in [-0.2, -0.15) is 0 Å². The number of nitrogens with zero attached hydrogens (tertiary/aromatic N) is 3. The van der Waals surface area contributed by atoms with Crippen LogP contribution in [0.2, 0.25) is 0 Å². The maximum atomic E-state index is 10.8. The summed E-state index contributed by atoms with van der Waals surface area (Å²) in [6, 6.07) is 1.35. The van der Waals surface area contributed by atoms with Crippen LogP contribution in [0.1, 0.15) is 12.5 Å². The van der Waals surface area contributed by atoms with Gasteiger partial charge in [0.2, 0.25) is 5.88 Å². The van der Waals surface area contributed by atoms with E-state index < -0.39 is 10.9 Å². The van der Waals surface area contributed by atoms with Crippen LogP contribution in [-0.4, -0.2) is 34.9 Å². The van der Waals surface area contributed by atoms with Crippen LogP contribution in [0.3, 0.4) is 0 Å². The Morgan fingerprint density at radius 1 is 1.56 bits per heavy atom. The molecule has 0 aliphatic carbocycles. The second kappa shape index (κ2) is 5.76. The van der Waals surface area contributed by atoms with Crippen molar-refractivity contribution in [3.63, 3.8) is 0 Å². The normalized spacial score (nSPS) is 10.4. The molecule has 0 amide bonds. The van der Waals surface area contributed by atoms with Crippen molar-refractivity contribution in [2.75, 3.05) is 14.1 Å². The second-order valence-electron chi connectivity index (χ2n) is 3.71. The molecule has 0 radical (unpaired) electrons. The SMILES string of the molecule is CC(=O)Oc1cc(/C=C/N(C)C)c([N+](=O)[O-])cn1. The van der Waals surface area contributed by atoms with Crippen molar-refractivity contribution in [3.8, 4) is 5.88 Å². The van der Waals surface area contributed by atoms with Crippen LogP contribution in [-0.2, 0) is 4.79 Å². The van der Waals surface area contributed by atoms with Crippen molar-refractivity contribution in [1.82, 2.24) is 9.88 Å².